The maximum Gasteiger partial charge on any atom is 0.217 e. The van der Waals surface area contributed by atoms with Crippen molar-refractivity contribution < 1.29 is 29.6 Å². The summed E-state index contributed by atoms with van der Waals surface area (Å²) >= 11 is 7.53. The number of ether oxygens (including phenoxy) is 2. The molecule has 160 valence electrons. The normalized spacial score (nSPS) is 28.3. The molecule has 1 heterocycles. The van der Waals surface area contributed by atoms with Gasteiger partial charge in [0.05, 0.1) is 6.61 Å². The van der Waals surface area contributed by atoms with Crippen LogP contribution in [0.5, 0.6) is 0 Å². The maximum atomic E-state index is 11.3. The van der Waals surface area contributed by atoms with Gasteiger partial charge in [0.1, 0.15) is 24.4 Å². The highest BCUT2D eigenvalue weighted by Gasteiger charge is 2.45. The summed E-state index contributed by atoms with van der Waals surface area (Å²) in [6.07, 6.45) is 2.24. The lowest BCUT2D eigenvalue weighted by molar-refractivity contribution is -0.270. The number of aliphatic hydroxyl groups is 3. The number of rotatable bonds is 14. The number of amides is 1. The fraction of sp³-hybridized carbons (Fsp3) is 0.944. The molecular formula is C18H34ClNO6S. The molecule has 0 spiro atoms. The second kappa shape index (κ2) is 14.8. The summed E-state index contributed by atoms with van der Waals surface area (Å²) in [7, 11) is 0. The quantitative estimate of drug-likeness (QED) is 0.244. The smallest absolute Gasteiger partial charge is 0.217 e. The van der Waals surface area contributed by atoms with Crippen LogP contribution in [0.3, 0.4) is 0 Å². The van der Waals surface area contributed by atoms with Gasteiger partial charge in [-0.3, -0.25) is 4.79 Å². The average Bonchev–Trinajstić information content (AvgIpc) is 2.64. The standard InChI is InChI=1S/C18H34ClNO6S/c1-13(22)20-15-17(24)16(23)14(12-21)26-18(15)25-9-6-4-2-3-5-7-10-27-11-8-19/h14-18,21,23-24H,2-12H2,1H3,(H,20,22)/t14?,15?,16-,17+,18+/m0/s1. The predicted octanol–water partition coefficient (Wildman–Crippen LogP) is 1.26. The summed E-state index contributed by atoms with van der Waals surface area (Å²) in [6.45, 7) is 1.31. The van der Waals surface area contributed by atoms with Crippen LogP contribution in [0.1, 0.15) is 45.4 Å². The molecule has 7 nitrogen and oxygen atoms in total. The summed E-state index contributed by atoms with van der Waals surface area (Å²) in [6, 6.07) is -0.870. The molecule has 0 bridgehead atoms. The zero-order valence-electron chi connectivity index (χ0n) is 16.0. The molecule has 0 saturated carbocycles. The summed E-state index contributed by atoms with van der Waals surface area (Å²) in [5.74, 6) is 2.55. The van der Waals surface area contributed by atoms with Crippen LogP contribution < -0.4 is 5.32 Å². The molecule has 1 aliphatic rings. The molecule has 27 heavy (non-hydrogen) atoms. The number of halogens is 1. The molecule has 1 amide bonds. The third kappa shape index (κ3) is 9.78. The summed E-state index contributed by atoms with van der Waals surface area (Å²) in [5.41, 5.74) is 0. The summed E-state index contributed by atoms with van der Waals surface area (Å²) in [5, 5.41) is 32.0. The van der Waals surface area contributed by atoms with Gasteiger partial charge in [0.2, 0.25) is 5.91 Å². The first-order valence-corrected chi connectivity index (χ1v) is 11.3. The van der Waals surface area contributed by atoms with Crippen molar-refractivity contribution >= 4 is 29.3 Å². The molecule has 0 aromatic heterocycles. The van der Waals surface area contributed by atoms with Gasteiger partial charge in [-0.1, -0.05) is 25.7 Å². The van der Waals surface area contributed by atoms with Gasteiger partial charge in [-0.05, 0) is 18.6 Å². The van der Waals surface area contributed by atoms with Gasteiger partial charge >= 0.3 is 0 Å². The number of alkyl halides is 1. The van der Waals surface area contributed by atoms with Crippen molar-refractivity contribution in [3.05, 3.63) is 0 Å². The van der Waals surface area contributed by atoms with Crippen LogP contribution in [0, 0.1) is 0 Å². The van der Waals surface area contributed by atoms with E-state index in [4.69, 9.17) is 21.1 Å². The lowest BCUT2D eigenvalue weighted by Crippen LogP contribution is -2.64. The zero-order valence-corrected chi connectivity index (χ0v) is 17.6. The SMILES string of the molecule is CC(=O)NC1[C@H](OCCCCCCCCSCCCl)OC(CO)[C@H](O)[C@@H]1O. The van der Waals surface area contributed by atoms with Crippen LogP contribution in [0.25, 0.3) is 0 Å². The van der Waals surface area contributed by atoms with Crippen LogP contribution in [0.15, 0.2) is 0 Å². The van der Waals surface area contributed by atoms with Gasteiger partial charge < -0.3 is 30.1 Å². The number of hydrogen-bond acceptors (Lipinski definition) is 7. The summed E-state index contributed by atoms with van der Waals surface area (Å²) < 4.78 is 11.2. The van der Waals surface area contributed by atoms with Gasteiger partial charge in [0.15, 0.2) is 6.29 Å². The molecule has 0 aromatic carbocycles. The highest BCUT2D eigenvalue weighted by molar-refractivity contribution is 7.99. The molecule has 2 unspecified atom stereocenters. The minimum atomic E-state index is -1.28. The predicted molar refractivity (Wildman–Crippen MR) is 107 cm³/mol. The Balaban J connectivity index is 2.23. The highest BCUT2D eigenvalue weighted by Crippen LogP contribution is 2.22. The fourth-order valence-electron chi connectivity index (χ4n) is 2.98. The summed E-state index contributed by atoms with van der Waals surface area (Å²) in [4.78, 5) is 11.3. The van der Waals surface area contributed by atoms with Crippen LogP contribution in [0.4, 0.5) is 0 Å². The van der Waals surface area contributed by atoms with Crippen molar-refractivity contribution in [1.82, 2.24) is 5.32 Å². The second-order valence-corrected chi connectivity index (χ2v) is 8.33. The molecule has 0 radical (unpaired) electrons. The fourth-order valence-corrected chi connectivity index (χ4v) is 4.03. The van der Waals surface area contributed by atoms with E-state index in [0.29, 0.717) is 12.5 Å². The maximum absolute atomic E-state index is 11.3. The number of nitrogens with one attached hydrogen (secondary N) is 1. The topological polar surface area (TPSA) is 108 Å². The third-order valence-corrected chi connectivity index (χ3v) is 5.92. The van der Waals surface area contributed by atoms with E-state index in [-0.39, 0.29) is 5.91 Å². The van der Waals surface area contributed by atoms with E-state index in [2.05, 4.69) is 5.32 Å². The van der Waals surface area contributed by atoms with E-state index >= 15 is 0 Å². The Morgan fingerprint density at radius 3 is 2.41 bits per heavy atom. The zero-order chi connectivity index (χ0) is 20.1. The molecule has 4 N–H and O–H groups in total. The highest BCUT2D eigenvalue weighted by atomic mass is 35.5. The van der Waals surface area contributed by atoms with Gasteiger partial charge in [0.25, 0.3) is 0 Å². The third-order valence-electron chi connectivity index (χ3n) is 4.44. The van der Waals surface area contributed by atoms with Gasteiger partial charge in [-0.25, -0.2) is 0 Å². The Hall–Kier alpha value is -0.0900. The molecular weight excluding hydrogens is 394 g/mol. The molecule has 1 saturated heterocycles. The van der Waals surface area contributed by atoms with Gasteiger partial charge in [-0.2, -0.15) is 11.8 Å². The molecule has 0 aliphatic carbocycles. The largest absolute Gasteiger partial charge is 0.394 e. The minimum absolute atomic E-state index is 0.352. The molecule has 9 heteroatoms. The number of carbonyl (C=O) groups excluding carboxylic acids is 1. The number of carbonyl (C=O) groups is 1. The van der Waals surface area contributed by atoms with Gasteiger partial charge in [0, 0.05) is 25.2 Å². The van der Waals surface area contributed by atoms with Crippen LogP contribution in [0.2, 0.25) is 0 Å². The molecule has 5 atom stereocenters. The van der Waals surface area contributed by atoms with E-state index in [0.717, 1.165) is 25.0 Å². The average molecular weight is 428 g/mol. The Kier molecular flexibility index (Phi) is 13.7. The van der Waals surface area contributed by atoms with E-state index in [9.17, 15) is 20.1 Å². The van der Waals surface area contributed by atoms with Crippen molar-refractivity contribution in [2.45, 2.75) is 76.1 Å². The Bertz CT molecular complexity index is 406. The first-order valence-electron chi connectivity index (χ1n) is 9.66. The minimum Gasteiger partial charge on any atom is -0.394 e. The first kappa shape index (κ1) is 24.9. The van der Waals surface area contributed by atoms with E-state index < -0.39 is 37.3 Å². The molecule has 0 aromatic rings. The number of unbranched alkanes of at least 4 members (excludes halogenated alkanes) is 5. The van der Waals surface area contributed by atoms with Crippen LogP contribution >= 0.6 is 23.4 Å². The molecule has 1 fully saturated rings. The van der Waals surface area contributed by atoms with Crippen molar-refractivity contribution in [3.63, 3.8) is 0 Å². The van der Waals surface area contributed by atoms with Crippen molar-refractivity contribution in [2.75, 3.05) is 30.6 Å². The van der Waals surface area contributed by atoms with Gasteiger partial charge in [-0.15, -0.1) is 11.6 Å². The van der Waals surface area contributed by atoms with E-state index in [1.165, 1.54) is 31.9 Å². The number of hydrogen-bond donors (Lipinski definition) is 4. The second-order valence-electron chi connectivity index (χ2n) is 6.73. The lowest BCUT2D eigenvalue weighted by Gasteiger charge is -2.42. The van der Waals surface area contributed by atoms with Crippen LogP contribution in [-0.4, -0.2) is 82.5 Å². The lowest BCUT2D eigenvalue weighted by atomic mass is 9.97. The van der Waals surface area contributed by atoms with Crippen molar-refractivity contribution in [3.8, 4) is 0 Å². The Morgan fingerprint density at radius 2 is 1.78 bits per heavy atom. The first-order chi connectivity index (χ1) is 13.0. The van der Waals surface area contributed by atoms with Crippen molar-refractivity contribution in [2.24, 2.45) is 0 Å². The number of thioether (sulfide) groups is 1. The van der Waals surface area contributed by atoms with Crippen molar-refractivity contribution in [1.29, 1.82) is 0 Å². The molecule has 1 aliphatic heterocycles. The Morgan fingerprint density at radius 1 is 1.11 bits per heavy atom. The molecule has 1 rings (SSSR count). The van der Waals surface area contributed by atoms with E-state index in [1.54, 1.807) is 0 Å². The van der Waals surface area contributed by atoms with Crippen LogP contribution in [-0.2, 0) is 14.3 Å². The van der Waals surface area contributed by atoms with E-state index in [1.807, 2.05) is 11.8 Å². The monoisotopic (exact) mass is 427 g/mol. The number of aliphatic hydroxyl groups excluding tert-OH is 3. The Labute approximate surface area is 171 Å².